The number of fused-ring (bicyclic) bond motifs is 1. The van der Waals surface area contributed by atoms with Gasteiger partial charge in [0.1, 0.15) is 10.8 Å². The van der Waals surface area contributed by atoms with Crippen molar-refractivity contribution in [2.75, 3.05) is 0 Å². The Morgan fingerprint density at radius 2 is 2.00 bits per heavy atom. The van der Waals surface area contributed by atoms with Crippen LogP contribution in [-0.2, 0) is 21.8 Å². The summed E-state index contributed by atoms with van der Waals surface area (Å²) in [7, 11) is -3.83. The van der Waals surface area contributed by atoms with E-state index in [1.54, 1.807) is 25.1 Å². The molecule has 0 radical (unpaired) electrons. The molecule has 1 unspecified atom stereocenters. The first-order valence-electron chi connectivity index (χ1n) is 7.86. The van der Waals surface area contributed by atoms with Gasteiger partial charge in [0.15, 0.2) is 15.6 Å². The first-order valence-corrected chi connectivity index (χ1v) is 9.40. The minimum Gasteiger partial charge on any atom is -0.302 e. The molecule has 7 heteroatoms. The molecular weight excluding hydrogens is 328 g/mol. The van der Waals surface area contributed by atoms with Gasteiger partial charge < -0.3 is 5.10 Å². The number of aryl methyl sites for hydroxylation is 1. The number of H-pyrrole nitrogens is 1. The van der Waals surface area contributed by atoms with Crippen molar-refractivity contribution in [1.29, 1.82) is 0 Å². The lowest BCUT2D eigenvalue weighted by Crippen LogP contribution is -2.43. The van der Waals surface area contributed by atoms with Crippen LogP contribution >= 0.6 is 0 Å². The molecule has 1 atom stereocenters. The van der Waals surface area contributed by atoms with E-state index in [4.69, 9.17) is 0 Å². The number of aromatic amines is 1. The van der Waals surface area contributed by atoms with Gasteiger partial charge in [0, 0.05) is 12.7 Å². The van der Waals surface area contributed by atoms with Crippen LogP contribution < -0.4 is 5.56 Å². The van der Waals surface area contributed by atoms with Gasteiger partial charge in [0.2, 0.25) is 0 Å². The highest BCUT2D eigenvalue weighted by Gasteiger charge is 2.46. The van der Waals surface area contributed by atoms with Crippen molar-refractivity contribution in [2.24, 2.45) is 0 Å². The molecular formula is C17H20N2O4S. The Labute approximate surface area is 140 Å². The normalized spacial score (nSPS) is 21.2. The van der Waals surface area contributed by atoms with E-state index in [2.05, 4.69) is 5.10 Å². The van der Waals surface area contributed by atoms with Crippen molar-refractivity contribution in [3.8, 4) is 0 Å². The van der Waals surface area contributed by atoms with Gasteiger partial charge in [-0.15, -0.1) is 0 Å². The van der Waals surface area contributed by atoms with Crippen LogP contribution in [0.5, 0.6) is 0 Å². The molecule has 0 saturated carbocycles. The molecule has 0 fully saturated rings. The summed E-state index contributed by atoms with van der Waals surface area (Å²) in [6, 6.07) is 6.77. The molecule has 0 aliphatic carbocycles. The number of carbonyl (C=O) groups excluding carboxylic acids is 1. The molecule has 1 aromatic heterocycles. The SMILES string of the molecule is CCn1[nH]cc(C(=O)C2CC(C)(C)c3ccccc3S2(=O)=O)c1=O. The summed E-state index contributed by atoms with van der Waals surface area (Å²) >= 11 is 0. The summed E-state index contributed by atoms with van der Waals surface area (Å²) < 4.78 is 27.2. The number of hydrogen-bond acceptors (Lipinski definition) is 4. The number of nitrogens with one attached hydrogen (secondary N) is 1. The number of nitrogens with zero attached hydrogens (tertiary/aromatic N) is 1. The summed E-state index contributed by atoms with van der Waals surface area (Å²) in [5, 5.41) is 1.46. The molecule has 1 aliphatic heterocycles. The Bertz CT molecular complexity index is 966. The number of aromatic nitrogens is 2. The summed E-state index contributed by atoms with van der Waals surface area (Å²) in [5.41, 5.74) is -0.327. The molecule has 128 valence electrons. The lowest BCUT2D eigenvalue weighted by molar-refractivity contribution is 0.0973. The first kappa shape index (κ1) is 16.7. The largest absolute Gasteiger partial charge is 0.302 e. The second kappa shape index (κ2) is 5.44. The van der Waals surface area contributed by atoms with E-state index in [1.165, 1.54) is 16.9 Å². The third kappa shape index (κ3) is 2.34. The van der Waals surface area contributed by atoms with Gasteiger partial charge >= 0.3 is 0 Å². The lowest BCUT2D eigenvalue weighted by atomic mass is 9.79. The molecule has 3 rings (SSSR count). The predicted octanol–water partition coefficient (Wildman–Crippen LogP) is 1.90. The quantitative estimate of drug-likeness (QED) is 0.858. The Morgan fingerprint density at radius 1 is 1.33 bits per heavy atom. The van der Waals surface area contributed by atoms with Crippen molar-refractivity contribution >= 4 is 15.6 Å². The molecule has 1 aliphatic rings. The fraction of sp³-hybridized carbons (Fsp3) is 0.412. The van der Waals surface area contributed by atoms with Crippen LogP contribution in [-0.4, -0.2) is 29.2 Å². The number of hydrogen-bond donors (Lipinski definition) is 1. The second-order valence-electron chi connectivity index (χ2n) is 6.72. The fourth-order valence-corrected chi connectivity index (χ4v) is 5.61. The molecule has 0 saturated heterocycles. The van der Waals surface area contributed by atoms with Crippen molar-refractivity contribution < 1.29 is 13.2 Å². The maximum absolute atomic E-state index is 13.0. The van der Waals surface area contributed by atoms with Crippen LogP contribution in [0.4, 0.5) is 0 Å². The van der Waals surface area contributed by atoms with E-state index in [1.807, 2.05) is 13.8 Å². The van der Waals surface area contributed by atoms with Crippen LogP contribution in [0.3, 0.4) is 0 Å². The average Bonchev–Trinajstić information content (AvgIpc) is 2.91. The zero-order valence-corrected chi connectivity index (χ0v) is 14.7. The minimum absolute atomic E-state index is 0.0967. The molecule has 2 aromatic rings. The highest BCUT2D eigenvalue weighted by Crippen LogP contribution is 2.42. The molecule has 0 bridgehead atoms. The maximum Gasteiger partial charge on any atom is 0.277 e. The molecule has 2 heterocycles. The monoisotopic (exact) mass is 348 g/mol. The molecule has 0 amide bonds. The van der Waals surface area contributed by atoms with Gasteiger partial charge in [-0.1, -0.05) is 32.0 Å². The third-order valence-electron chi connectivity index (χ3n) is 4.71. The summed E-state index contributed by atoms with van der Waals surface area (Å²) in [5.74, 6) is -0.633. The third-order valence-corrected chi connectivity index (χ3v) is 6.81. The van der Waals surface area contributed by atoms with Crippen molar-refractivity contribution in [3.63, 3.8) is 0 Å². The van der Waals surface area contributed by atoms with Gasteiger partial charge in [-0.3, -0.25) is 14.3 Å². The second-order valence-corrected chi connectivity index (χ2v) is 8.82. The standard InChI is InChI=1S/C17H20N2O4S/c1-4-19-16(21)11(10-18-19)15(20)14-9-17(2,3)12-7-5-6-8-13(12)24(14,22)23/h5-8,10,14,18H,4,9H2,1-3H3. The van der Waals surface area contributed by atoms with Crippen LogP contribution in [0.2, 0.25) is 0 Å². The van der Waals surface area contributed by atoms with E-state index in [-0.39, 0.29) is 16.9 Å². The molecule has 24 heavy (non-hydrogen) atoms. The van der Waals surface area contributed by atoms with E-state index in [0.29, 0.717) is 12.1 Å². The van der Waals surface area contributed by atoms with E-state index < -0.39 is 31.8 Å². The van der Waals surface area contributed by atoms with Gasteiger partial charge in [0.05, 0.1) is 4.90 Å². The van der Waals surface area contributed by atoms with Gasteiger partial charge in [-0.05, 0) is 30.4 Å². The summed E-state index contributed by atoms with van der Waals surface area (Å²) in [6.07, 6.45) is 1.46. The maximum atomic E-state index is 13.0. The number of ketones is 1. The van der Waals surface area contributed by atoms with Crippen LogP contribution in [0, 0.1) is 0 Å². The number of rotatable bonds is 3. The van der Waals surface area contributed by atoms with E-state index in [0.717, 1.165) is 0 Å². The van der Waals surface area contributed by atoms with Crippen molar-refractivity contribution in [1.82, 2.24) is 9.78 Å². The molecule has 1 aromatic carbocycles. The summed E-state index contributed by atoms with van der Waals surface area (Å²) in [6.45, 7) is 5.99. The Kier molecular flexibility index (Phi) is 3.79. The fourth-order valence-electron chi connectivity index (χ4n) is 3.34. The minimum atomic E-state index is -3.83. The number of Topliss-reactive ketones (excluding diaryl/α,β-unsaturated/α-hetero) is 1. The van der Waals surface area contributed by atoms with Crippen LogP contribution in [0.15, 0.2) is 40.2 Å². The van der Waals surface area contributed by atoms with Gasteiger partial charge in [0.25, 0.3) is 5.56 Å². The Morgan fingerprint density at radius 3 is 2.62 bits per heavy atom. The van der Waals surface area contributed by atoms with Crippen molar-refractivity contribution in [2.45, 2.75) is 49.3 Å². The number of benzene rings is 1. The molecule has 1 N–H and O–H groups in total. The van der Waals surface area contributed by atoms with E-state index in [9.17, 15) is 18.0 Å². The van der Waals surface area contributed by atoms with E-state index >= 15 is 0 Å². The van der Waals surface area contributed by atoms with Crippen LogP contribution in [0.25, 0.3) is 0 Å². The topological polar surface area (TPSA) is 89.0 Å². The molecule has 6 nitrogen and oxygen atoms in total. The van der Waals surface area contributed by atoms with Crippen LogP contribution in [0.1, 0.15) is 43.1 Å². The average molecular weight is 348 g/mol. The lowest BCUT2D eigenvalue weighted by Gasteiger charge is -2.36. The zero-order chi connectivity index (χ0) is 17.7. The van der Waals surface area contributed by atoms with Crippen molar-refractivity contribution in [3.05, 3.63) is 51.9 Å². The number of sulfone groups is 1. The van der Waals surface area contributed by atoms with Gasteiger partial charge in [-0.25, -0.2) is 8.42 Å². The zero-order valence-electron chi connectivity index (χ0n) is 13.9. The summed E-state index contributed by atoms with van der Waals surface area (Å²) in [4.78, 5) is 25.3. The predicted molar refractivity (Wildman–Crippen MR) is 90.1 cm³/mol. The smallest absolute Gasteiger partial charge is 0.277 e. The Hall–Kier alpha value is -2.15. The first-order chi connectivity index (χ1) is 11.2. The van der Waals surface area contributed by atoms with Gasteiger partial charge in [-0.2, -0.15) is 0 Å². The highest BCUT2D eigenvalue weighted by molar-refractivity contribution is 7.93. The number of carbonyl (C=O) groups is 1. The highest BCUT2D eigenvalue weighted by atomic mass is 32.2. The molecule has 0 spiro atoms. The Balaban J connectivity index is 2.14.